The van der Waals surface area contributed by atoms with Crippen molar-refractivity contribution in [3.63, 3.8) is 0 Å². The molecule has 0 aliphatic heterocycles. The molecule has 3 nitrogen and oxygen atoms in total. The minimum Gasteiger partial charge on any atom is -0.258 e. The molecule has 1 heterocycles. The summed E-state index contributed by atoms with van der Waals surface area (Å²) in [4.78, 5) is 4.45. The Morgan fingerprint density at radius 1 is 1.35 bits per heavy atom. The summed E-state index contributed by atoms with van der Waals surface area (Å²) in [5.41, 5.74) is 1.06. The molecule has 0 saturated carbocycles. The van der Waals surface area contributed by atoms with Gasteiger partial charge in [-0.2, -0.15) is 0 Å². The number of aromatic amines is 1. The van der Waals surface area contributed by atoms with Gasteiger partial charge in [0.1, 0.15) is 0 Å². The van der Waals surface area contributed by atoms with Crippen molar-refractivity contribution in [2.45, 2.75) is 5.16 Å². The van der Waals surface area contributed by atoms with Crippen molar-refractivity contribution >= 4 is 56.9 Å². The Kier molecular flexibility index (Phi) is 5.29. The molecule has 0 spiro atoms. The number of benzene rings is 1. The normalized spacial score (nSPS) is 11.8. The minimum atomic E-state index is 0.788. The highest BCUT2D eigenvalue weighted by atomic mass is 127. The maximum atomic E-state index is 4.45. The van der Waals surface area contributed by atoms with Crippen LogP contribution in [-0.4, -0.2) is 20.9 Å². The van der Waals surface area contributed by atoms with Gasteiger partial charge in [0.25, 0.3) is 0 Å². The second-order valence-electron chi connectivity index (χ2n) is 3.18. The number of hydrogen-bond acceptors (Lipinski definition) is 3. The van der Waals surface area contributed by atoms with Crippen molar-refractivity contribution in [3.8, 4) is 11.4 Å². The molecule has 2 rings (SSSR count). The molecule has 0 fully saturated rings. The third-order valence-corrected chi connectivity index (χ3v) is 6.02. The molecular formula is C11H9I2N3S. The fraction of sp³-hybridized carbons (Fsp3) is 0.0909. The number of rotatable bonds is 4. The van der Waals surface area contributed by atoms with E-state index in [2.05, 4.69) is 64.4 Å². The van der Waals surface area contributed by atoms with Crippen LogP contribution in [0.15, 0.2) is 43.2 Å². The molecule has 0 aliphatic carbocycles. The lowest BCUT2D eigenvalue weighted by atomic mass is 10.2. The Morgan fingerprint density at radius 2 is 2.12 bits per heavy atom. The number of thioether (sulfide) groups is 1. The molecule has 6 heteroatoms. The largest absolute Gasteiger partial charge is 0.258 e. The number of aromatic nitrogens is 3. The molecule has 0 unspecified atom stereocenters. The lowest BCUT2D eigenvalue weighted by Gasteiger charge is -1.94. The highest BCUT2D eigenvalue weighted by Crippen LogP contribution is 2.23. The van der Waals surface area contributed by atoms with Gasteiger partial charge in [0.15, 0.2) is 5.82 Å². The fourth-order valence-corrected chi connectivity index (χ4v) is 2.80. The van der Waals surface area contributed by atoms with Gasteiger partial charge in [-0.1, -0.05) is 64.7 Å². The Morgan fingerprint density at radius 3 is 2.82 bits per heavy atom. The van der Waals surface area contributed by atoms with Crippen molar-refractivity contribution in [2.24, 2.45) is 0 Å². The third kappa shape index (κ3) is 3.95. The standard InChI is InChI=1S/C11H9I2N3S/c12-6-9(13)7-17-11-14-10(15-16-11)8-4-2-1-3-5-8/h1-6H,7H2,(H,14,15,16)/b9-6+. The van der Waals surface area contributed by atoms with Crippen molar-refractivity contribution < 1.29 is 0 Å². The van der Waals surface area contributed by atoms with E-state index in [1.165, 1.54) is 3.58 Å². The Hall–Kier alpha value is -0.0900. The Balaban J connectivity index is 2.06. The zero-order valence-corrected chi connectivity index (χ0v) is 13.9. The third-order valence-electron chi connectivity index (χ3n) is 1.97. The lowest BCUT2D eigenvalue weighted by Crippen LogP contribution is -1.80. The molecule has 0 radical (unpaired) electrons. The molecule has 88 valence electrons. The van der Waals surface area contributed by atoms with Gasteiger partial charge in [0.2, 0.25) is 5.16 Å². The van der Waals surface area contributed by atoms with Crippen molar-refractivity contribution in [1.29, 1.82) is 0 Å². The van der Waals surface area contributed by atoms with Gasteiger partial charge >= 0.3 is 0 Å². The van der Waals surface area contributed by atoms with Gasteiger partial charge in [0, 0.05) is 14.9 Å². The van der Waals surface area contributed by atoms with E-state index in [4.69, 9.17) is 0 Å². The van der Waals surface area contributed by atoms with Crippen LogP contribution < -0.4 is 0 Å². The summed E-state index contributed by atoms with van der Waals surface area (Å²) >= 11 is 6.19. The SMILES string of the molecule is I/C=C(/I)CSc1n[nH]c(-c2ccccc2)n1. The molecule has 0 amide bonds. The molecule has 0 bridgehead atoms. The van der Waals surface area contributed by atoms with E-state index in [1.807, 2.05) is 30.3 Å². The molecule has 2 aromatic rings. The Bertz CT molecular complexity index is 510. The molecule has 1 N–H and O–H groups in total. The number of nitrogens with one attached hydrogen (secondary N) is 1. The summed E-state index contributed by atoms with van der Waals surface area (Å²) in [7, 11) is 0. The Labute approximate surface area is 131 Å². The summed E-state index contributed by atoms with van der Waals surface area (Å²) in [6.45, 7) is 0. The number of halogens is 2. The molecule has 0 saturated heterocycles. The van der Waals surface area contributed by atoms with Crippen LogP contribution in [0.4, 0.5) is 0 Å². The molecule has 1 aromatic heterocycles. The second kappa shape index (κ2) is 6.74. The van der Waals surface area contributed by atoms with Gasteiger partial charge in [-0.05, 0) is 26.7 Å². The van der Waals surface area contributed by atoms with Gasteiger partial charge in [-0.25, -0.2) is 4.98 Å². The maximum absolute atomic E-state index is 4.45. The zero-order valence-electron chi connectivity index (χ0n) is 8.73. The lowest BCUT2D eigenvalue weighted by molar-refractivity contribution is 0.975. The smallest absolute Gasteiger partial charge is 0.209 e. The van der Waals surface area contributed by atoms with Crippen LogP contribution in [0.2, 0.25) is 0 Å². The van der Waals surface area contributed by atoms with E-state index in [9.17, 15) is 0 Å². The zero-order chi connectivity index (χ0) is 12.1. The summed E-state index contributed by atoms with van der Waals surface area (Å²) in [6, 6.07) is 10.0. The summed E-state index contributed by atoms with van der Waals surface area (Å²) in [6.07, 6.45) is 0. The number of hydrogen-bond donors (Lipinski definition) is 1. The van der Waals surface area contributed by atoms with Crippen LogP contribution in [0.25, 0.3) is 11.4 Å². The first-order valence-corrected chi connectivity index (χ1v) is 8.16. The summed E-state index contributed by atoms with van der Waals surface area (Å²) in [5, 5.41) is 7.94. The molecule has 17 heavy (non-hydrogen) atoms. The van der Waals surface area contributed by atoms with E-state index < -0.39 is 0 Å². The van der Waals surface area contributed by atoms with Gasteiger partial charge in [0.05, 0.1) is 0 Å². The van der Waals surface area contributed by atoms with Crippen molar-refractivity contribution in [3.05, 3.63) is 38.0 Å². The predicted molar refractivity (Wildman–Crippen MR) is 88.7 cm³/mol. The van der Waals surface area contributed by atoms with Crippen LogP contribution >= 0.6 is 56.9 Å². The van der Waals surface area contributed by atoms with Crippen LogP contribution in [0.1, 0.15) is 0 Å². The number of H-pyrrole nitrogens is 1. The van der Waals surface area contributed by atoms with Gasteiger partial charge in [-0.3, -0.25) is 5.10 Å². The maximum Gasteiger partial charge on any atom is 0.209 e. The van der Waals surface area contributed by atoms with Crippen molar-refractivity contribution in [2.75, 3.05) is 5.75 Å². The van der Waals surface area contributed by atoms with E-state index in [-0.39, 0.29) is 0 Å². The second-order valence-corrected chi connectivity index (χ2v) is 6.13. The van der Waals surface area contributed by atoms with E-state index in [0.717, 1.165) is 22.3 Å². The van der Waals surface area contributed by atoms with E-state index >= 15 is 0 Å². The average Bonchev–Trinajstić information content (AvgIpc) is 2.86. The quantitative estimate of drug-likeness (QED) is 0.538. The molecule has 1 aromatic carbocycles. The first kappa shape index (κ1) is 13.3. The number of nitrogens with zero attached hydrogens (tertiary/aromatic N) is 2. The average molecular weight is 469 g/mol. The molecular weight excluding hydrogens is 460 g/mol. The summed E-state index contributed by atoms with van der Waals surface area (Å²) < 4.78 is 3.36. The van der Waals surface area contributed by atoms with Gasteiger partial charge < -0.3 is 0 Å². The minimum absolute atomic E-state index is 0.788. The first-order chi connectivity index (χ1) is 8.29. The molecule has 0 atom stereocenters. The van der Waals surface area contributed by atoms with Crippen LogP contribution in [0.3, 0.4) is 0 Å². The highest BCUT2D eigenvalue weighted by Gasteiger charge is 2.05. The molecule has 0 aliphatic rings. The topological polar surface area (TPSA) is 41.6 Å². The van der Waals surface area contributed by atoms with Crippen LogP contribution in [-0.2, 0) is 0 Å². The van der Waals surface area contributed by atoms with E-state index in [0.29, 0.717) is 0 Å². The van der Waals surface area contributed by atoms with Crippen LogP contribution in [0, 0.1) is 0 Å². The monoisotopic (exact) mass is 469 g/mol. The highest BCUT2D eigenvalue weighted by molar-refractivity contribution is 14.1. The van der Waals surface area contributed by atoms with Gasteiger partial charge in [-0.15, -0.1) is 5.10 Å². The van der Waals surface area contributed by atoms with E-state index in [1.54, 1.807) is 11.8 Å². The van der Waals surface area contributed by atoms with Crippen molar-refractivity contribution in [1.82, 2.24) is 15.2 Å². The summed E-state index contributed by atoms with van der Waals surface area (Å²) in [5.74, 6) is 1.73. The first-order valence-electron chi connectivity index (χ1n) is 4.85. The fourth-order valence-electron chi connectivity index (χ4n) is 1.20. The predicted octanol–water partition coefficient (Wildman–Crippen LogP) is 4.28. The van der Waals surface area contributed by atoms with Crippen LogP contribution in [0.5, 0.6) is 0 Å².